The quantitative estimate of drug-likeness (QED) is 0.805. The van der Waals surface area contributed by atoms with E-state index in [-0.39, 0.29) is 5.92 Å². The fraction of sp³-hybridized carbons (Fsp3) is 0.538. The molecule has 2 N–H and O–H groups in total. The van der Waals surface area contributed by atoms with Crippen molar-refractivity contribution in [2.45, 2.75) is 32.5 Å². The molecule has 0 bridgehead atoms. The molecular weight excluding hydrogens is 204 g/mol. The molecular formula is C13H20O3. The van der Waals surface area contributed by atoms with Gasteiger partial charge >= 0.3 is 0 Å². The van der Waals surface area contributed by atoms with Crippen molar-refractivity contribution < 1.29 is 14.9 Å². The van der Waals surface area contributed by atoms with Crippen LogP contribution >= 0.6 is 0 Å². The average molecular weight is 224 g/mol. The number of benzene rings is 1. The van der Waals surface area contributed by atoms with E-state index in [1.165, 1.54) is 0 Å². The Morgan fingerprint density at radius 1 is 1.19 bits per heavy atom. The van der Waals surface area contributed by atoms with E-state index in [0.29, 0.717) is 6.42 Å². The number of aliphatic hydroxyl groups is 2. The lowest BCUT2D eigenvalue weighted by atomic mass is 9.91. The van der Waals surface area contributed by atoms with Gasteiger partial charge in [-0.15, -0.1) is 0 Å². The third-order valence-electron chi connectivity index (χ3n) is 2.98. The fourth-order valence-corrected chi connectivity index (χ4v) is 1.69. The maximum atomic E-state index is 10.1. The SMILES string of the molecule is CC[C@H](O)[C@@H](C)[C@@H](O)c1ccc(OC)cc1. The Hall–Kier alpha value is -1.06. The molecule has 0 radical (unpaired) electrons. The van der Waals surface area contributed by atoms with Gasteiger partial charge in [0.05, 0.1) is 19.3 Å². The number of ether oxygens (including phenoxy) is 1. The van der Waals surface area contributed by atoms with Crippen LogP contribution in [0.25, 0.3) is 0 Å². The minimum absolute atomic E-state index is 0.168. The third-order valence-corrected chi connectivity index (χ3v) is 2.98. The Balaban J connectivity index is 2.75. The standard InChI is InChI=1S/C13H20O3/c1-4-12(14)9(2)13(15)10-5-7-11(16-3)8-6-10/h5-9,12-15H,4H2,1-3H3/t9-,12+,13-/m1/s1. The van der Waals surface area contributed by atoms with Gasteiger partial charge in [-0.05, 0) is 24.1 Å². The highest BCUT2D eigenvalue weighted by atomic mass is 16.5. The maximum absolute atomic E-state index is 10.1. The summed E-state index contributed by atoms with van der Waals surface area (Å²) in [4.78, 5) is 0. The lowest BCUT2D eigenvalue weighted by Crippen LogP contribution is -2.23. The zero-order valence-electron chi connectivity index (χ0n) is 10.1. The topological polar surface area (TPSA) is 49.7 Å². The summed E-state index contributed by atoms with van der Waals surface area (Å²) in [5.41, 5.74) is 0.806. The van der Waals surface area contributed by atoms with Gasteiger partial charge in [-0.3, -0.25) is 0 Å². The summed E-state index contributed by atoms with van der Waals surface area (Å²) in [5, 5.41) is 19.7. The molecule has 0 saturated heterocycles. The van der Waals surface area contributed by atoms with Crippen LogP contribution in [-0.2, 0) is 0 Å². The Kier molecular flexibility index (Phi) is 4.77. The molecule has 3 heteroatoms. The molecule has 1 aromatic carbocycles. The van der Waals surface area contributed by atoms with E-state index >= 15 is 0 Å². The van der Waals surface area contributed by atoms with Crippen molar-refractivity contribution >= 4 is 0 Å². The zero-order chi connectivity index (χ0) is 12.1. The molecule has 1 rings (SSSR count). The molecule has 0 spiro atoms. The molecule has 0 fully saturated rings. The number of methoxy groups -OCH3 is 1. The predicted molar refractivity (Wildman–Crippen MR) is 63.4 cm³/mol. The Labute approximate surface area is 96.7 Å². The average Bonchev–Trinajstić information content (AvgIpc) is 2.36. The first-order valence-corrected chi connectivity index (χ1v) is 5.60. The summed E-state index contributed by atoms with van der Waals surface area (Å²) in [5.74, 6) is 0.595. The van der Waals surface area contributed by atoms with Crippen LogP contribution in [0.1, 0.15) is 31.9 Å². The van der Waals surface area contributed by atoms with Gasteiger partial charge in [0, 0.05) is 5.92 Å². The molecule has 0 amide bonds. The summed E-state index contributed by atoms with van der Waals surface area (Å²) in [6.45, 7) is 3.75. The van der Waals surface area contributed by atoms with E-state index in [2.05, 4.69) is 0 Å². The van der Waals surface area contributed by atoms with Gasteiger partial charge in [-0.2, -0.15) is 0 Å². The lowest BCUT2D eigenvalue weighted by Gasteiger charge is -2.23. The van der Waals surface area contributed by atoms with E-state index in [4.69, 9.17) is 4.74 Å². The molecule has 3 nitrogen and oxygen atoms in total. The number of rotatable bonds is 5. The van der Waals surface area contributed by atoms with E-state index in [9.17, 15) is 10.2 Å². The Morgan fingerprint density at radius 3 is 2.19 bits per heavy atom. The first-order valence-electron chi connectivity index (χ1n) is 5.60. The van der Waals surface area contributed by atoms with Crippen molar-refractivity contribution in [2.75, 3.05) is 7.11 Å². The summed E-state index contributed by atoms with van der Waals surface area (Å²) >= 11 is 0. The number of aliphatic hydroxyl groups excluding tert-OH is 2. The van der Waals surface area contributed by atoms with E-state index < -0.39 is 12.2 Å². The third kappa shape index (κ3) is 2.97. The van der Waals surface area contributed by atoms with Gasteiger partial charge in [0.1, 0.15) is 5.75 Å². The van der Waals surface area contributed by atoms with Gasteiger partial charge in [0.15, 0.2) is 0 Å². The zero-order valence-corrected chi connectivity index (χ0v) is 10.1. The van der Waals surface area contributed by atoms with Crippen LogP contribution in [0.3, 0.4) is 0 Å². The molecule has 0 saturated carbocycles. The van der Waals surface area contributed by atoms with Crippen LogP contribution in [0.2, 0.25) is 0 Å². The summed E-state index contributed by atoms with van der Waals surface area (Å²) in [6.07, 6.45) is -0.466. The summed E-state index contributed by atoms with van der Waals surface area (Å²) in [6, 6.07) is 7.26. The molecule has 3 atom stereocenters. The summed E-state index contributed by atoms with van der Waals surface area (Å²) < 4.78 is 5.05. The molecule has 16 heavy (non-hydrogen) atoms. The van der Waals surface area contributed by atoms with Crippen LogP contribution in [0.15, 0.2) is 24.3 Å². The number of hydrogen-bond acceptors (Lipinski definition) is 3. The second-order valence-corrected chi connectivity index (χ2v) is 4.05. The van der Waals surface area contributed by atoms with E-state index in [1.807, 2.05) is 38.1 Å². The fourth-order valence-electron chi connectivity index (χ4n) is 1.69. The minimum Gasteiger partial charge on any atom is -0.497 e. The van der Waals surface area contributed by atoms with Crippen LogP contribution in [-0.4, -0.2) is 23.4 Å². The first kappa shape index (κ1) is 13.0. The molecule has 0 aliphatic rings. The minimum atomic E-state index is -0.638. The second-order valence-electron chi connectivity index (χ2n) is 4.05. The van der Waals surface area contributed by atoms with Crippen LogP contribution < -0.4 is 4.74 Å². The molecule has 0 aliphatic heterocycles. The van der Waals surface area contributed by atoms with Crippen LogP contribution in [0.5, 0.6) is 5.75 Å². The van der Waals surface area contributed by atoms with Crippen molar-refractivity contribution in [3.63, 3.8) is 0 Å². The monoisotopic (exact) mass is 224 g/mol. The molecule has 90 valence electrons. The molecule has 1 aromatic rings. The second kappa shape index (κ2) is 5.87. The van der Waals surface area contributed by atoms with Crippen molar-refractivity contribution in [1.82, 2.24) is 0 Å². The predicted octanol–water partition coefficient (Wildman–Crippen LogP) is 2.14. The summed E-state index contributed by atoms with van der Waals surface area (Å²) in [7, 11) is 1.61. The van der Waals surface area contributed by atoms with E-state index in [0.717, 1.165) is 11.3 Å². The highest BCUT2D eigenvalue weighted by molar-refractivity contribution is 5.28. The molecule has 0 aliphatic carbocycles. The molecule has 0 unspecified atom stereocenters. The Bertz CT molecular complexity index is 307. The van der Waals surface area contributed by atoms with E-state index in [1.54, 1.807) is 7.11 Å². The smallest absolute Gasteiger partial charge is 0.118 e. The van der Waals surface area contributed by atoms with Gasteiger partial charge < -0.3 is 14.9 Å². The molecule has 0 aromatic heterocycles. The van der Waals surface area contributed by atoms with Gasteiger partial charge in [-0.25, -0.2) is 0 Å². The van der Waals surface area contributed by atoms with Crippen molar-refractivity contribution in [1.29, 1.82) is 0 Å². The highest BCUT2D eigenvalue weighted by Crippen LogP contribution is 2.26. The first-order chi connectivity index (χ1) is 7.60. The highest BCUT2D eigenvalue weighted by Gasteiger charge is 2.22. The largest absolute Gasteiger partial charge is 0.497 e. The lowest BCUT2D eigenvalue weighted by molar-refractivity contribution is 0.0192. The molecule has 0 heterocycles. The number of hydrogen-bond donors (Lipinski definition) is 2. The van der Waals surface area contributed by atoms with Crippen molar-refractivity contribution in [3.8, 4) is 5.75 Å². The van der Waals surface area contributed by atoms with Gasteiger partial charge in [-0.1, -0.05) is 26.0 Å². The van der Waals surface area contributed by atoms with Crippen molar-refractivity contribution in [3.05, 3.63) is 29.8 Å². The van der Waals surface area contributed by atoms with Gasteiger partial charge in [0.25, 0.3) is 0 Å². The van der Waals surface area contributed by atoms with Crippen LogP contribution in [0.4, 0.5) is 0 Å². The Morgan fingerprint density at radius 2 is 1.75 bits per heavy atom. The van der Waals surface area contributed by atoms with Crippen LogP contribution in [0, 0.1) is 5.92 Å². The normalized spacial score (nSPS) is 16.6. The van der Waals surface area contributed by atoms with Crippen molar-refractivity contribution in [2.24, 2.45) is 5.92 Å². The maximum Gasteiger partial charge on any atom is 0.118 e. The van der Waals surface area contributed by atoms with Gasteiger partial charge in [0.2, 0.25) is 0 Å².